The van der Waals surface area contributed by atoms with E-state index < -0.39 is 0 Å². The molecule has 1 unspecified atom stereocenters. The molecule has 3 heteroatoms. The van der Waals surface area contributed by atoms with E-state index in [4.69, 9.17) is 5.26 Å². The lowest BCUT2D eigenvalue weighted by Crippen LogP contribution is -2.30. The number of benzene rings is 1. The van der Waals surface area contributed by atoms with Crippen LogP contribution in [0.1, 0.15) is 36.7 Å². The van der Waals surface area contributed by atoms with Crippen LogP contribution in [0.5, 0.6) is 0 Å². The zero-order chi connectivity index (χ0) is 12.8. The highest BCUT2D eigenvalue weighted by atomic mass is 16.1. The molecule has 0 spiro atoms. The smallest absolute Gasteiger partial charge is 0.251 e. The van der Waals surface area contributed by atoms with Crippen molar-refractivity contribution >= 4 is 5.91 Å². The number of carbonyl (C=O) groups is 1. The van der Waals surface area contributed by atoms with Crippen LogP contribution in [0.25, 0.3) is 0 Å². The van der Waals surface area contributed by atoms with Crippen LogP contribution >= 0.6 is 0 Å². The van der Waals surface area contributed by atoms with E-state index in [1.54, 1.807) is 24.3 Å². The first-order chi connectivity index (χ1) is 8.04. The lowest BCUT2D eigenvalue weighted by molar-refractivity contribution is 0.0945. The van der Waals surface area contributed by atoms with Gasteiger partial charge in [0.25, 0.3) is 5.91 Å². The van der Waals surface area contributed by atoms with E-state index in [1.165, 1.54) is 0 Å². The second-order valence-corrected chi connectivity index (χ2v) is 4.62. The van der Waals surface area contributed by atoms with Crippen molar-refractivity contribution in [3.63, 3.8) is 0 Å². The van der Waals surface area contributed by atoms with Gasteiger partial charge in [-0.3, -0.25) is 4.79 Å². The minimum absolute atomic E-state index is 0.116. The maximum Gasteiger partial charge on any atom is 0.251 e. The van der Waals surface area contributed by atoms with Gasteiger partial charge in [0.05, 0.1) is 11.6 Å². The minimum Gasteiger partial charge on any atom is -0.352 e. The quantitative estimate of drug-likeness (QED) is 0.864. The van der Waals surface area contributed by atoms with Gasteiger partial charge in [-0.25, -0.2) is 0 Å². The van der Waals surface area contributed by atoms with Crippen LogP contribution in [0.15, 0.2) is 24.3 Å². The largest absolute Gasteiger partial charge is 0.352 e. The lowest BCUT2D eigenvalue weighted by atomic mass is 9.98. The Bertz CT molecular complexity index is 432. The third kappa shape index (κ3) is 3.92. The molecule has 1 atom stereocenters. The van der Waals surface area contributed by atoms with Crippen molar-refractivity contribution < 1.29 is 4.79 Å². The molecule has 0 aliphatic carbocycles. The maximum absolute atomic E-state index is 11.8. The predicted molar refractivity (Wildman–Crippen MR) is 67.5 cm³/mol. The zero-order valence-corrected chi connectivity index (χ0v) is 10.5. The fourth-order valence-electron chi connectivity index (χ4n) is 1.32. The minimum atomic E-state index is -0.116. The highest BCUT2D eigenvalue weighted by molar-refractivity contribution is 5.94. The summed E-state index contributed by atoms with van der Waals surface area (Å²) in [5.41, 5.74) is 1.05. The van der Waals surface area contributed by atoms with E-state index in [0.717, 1.165) is 0 Å². The van der Waals surface area contributed by atoms with Crippen molar-refractivity contribution in [2.75, 3.05) is 6.54 Å². The number of hydrogen-bond acceptors (Lipinski definition) is 2. The van der Waals surface area contributed by atoms with Gasteiger partial charge in [0.1, 0.15) is 0 Å². The Morgan fingerprint density at radius 2 is 2.12 bits per heavy atom. The number of hydrogen-bond donors (Lipinski definition) is 1. The first-order valence-corrected chi connectivity index (χ1v) is 5.83. The van der Waals surface area contributed by atoms with Gasteiger partial charge in [0.15, 0.2) is 0 Å². The summed E-state index contributed by atoms with van der Waals surface area (Å²) in [6, 6.07) is 8.76. The molecule has 0 heterocycles. The summed E-state index contributed by atoms with van der Waals surface area (Å²) in [4.78, 5) is 11.8. The fourth-order valence-corrected chi connectivity index (χ4v) is 1.32. The van der Waals surface area contributed by atoms with Gasteiger partial charge in [-0.05, 0) is 30.0 Å². The van der Waals surface area contributed by atoms with Crippen molar-refractivity contribution in [2.24, 2.45) is 11.8 Å². The number of nitriles is 1. The van der Waals surface area contributed by atoms with Gasteiger partial charge < -0.3 is 5.32 Å². The second-order valence-electron chi connectivity index (χ2n) is 4.62. The molecule has 0 fully saturated rings. The van der Waals surface area contributed by atoms with Gasteiger partial charge in [0, 0.05) is 12.1 Å². The zero-order valence-electron chi connectivity index (χ0n) is 10.5. The van der Waals surface area contributed by atoms with E-state index in [0.29, 0.717) is 29.5 Å². The Morgan fingerprint density at radius 3 is 2.71 bits per heavy atom. The van der Waals surface area contributed by atoms with Gasteiger partial charge in [0.2, 0.25) is 0 Å². The van der Waals surface area contributed by atoms with Crippen molar-refractivity contribution in [1.82, 2.24) is 5.32 Å². The van der Waals surface area contributed by atoms with Gasteiger partial charge in [-0.1, -0.05) is 26.8 Å². The molecule has 90 valence electrons. The monoisotopic (exact) mass is 230 g/mol. The third-order valence-corrected chi connectivity index (χ3v) is 2.98. The fraction of sp³-hybridized carbons (Fsp3) is 0.429. The first-order valence-electron chi connectivity index (χ1n) is 5.83. The van der Waals surface area contributed by atoms with Gasteiger partial charge in [-0.15, -0.1) is 0 Å². The van der Waals surface area contributed by atoms with Crippen LogP contribution in [-0.2, 0) is 0 Å². The van der Waals surface area contributed by atoms with Gasteiger partial charge >= 0.3 is 0 Å². The van der Waals surface area contributed by atoms with E-state index in [2.05, 4.69) is 26.1 Å². The van der Waals surface area contributed by atoms with Gasteiger partial charge in [-0.2, -0.15) is 5.26 Å². The molecule has 17 heavy (non-hydrogen) atoms. The molecule has 0 bridgehead atoms. The Kier molecular flexibility index (Phi) is 4.71. The van der Waals surface area contributed by atoms with Crippen molar-refractivity contribution in [2.45, 2.75) is 20.8 Å². The van der Waals surface area contributed by atoms with Crippen LogP contribution < -0.4 is 5.32 Å². The molecule has 1 N–H and O–H groups in total. The number of nitrogens with zero attached hydrogens (tertiary/aromatic N) is 1. The number of carbonyl (C=O) groups excluding carboxylic acids is 1. The summed E-state index contributed by atoms with van der Waals surface area (Å²) in [5, 5.41) is 11.6. The molecule has 1 aromatic carbocycles. The molecule has 1 aromatic rings. The molecule has 0 aliphatic heterocycles. The lowest BCUT2D eigenvalue weighted by Gasteiger charge is -2.16. The summed E-state index contributed by atoms with van der Waals surface area (Å²) in [7, 11) is 0. The number of amides is 1. The molecule has 0 radical (unpaired) electrons. The Balaban J connectivity index is 2.61. The highest BCUT2D eigenvalue weighted by Gasteiger charge is 2.10. The molecular formula is C14H18N2O. The Labute approximate surface area is 102 Å². The summed E-state index contributed by atoms with van der Waals surface area (Å²) >= 11 is 0. The van der Waals surface area contributed by atoms with Crippen molar-refractivity contribution in [3.8, 4) is 6.07 Å². The van der Waals surface area contributed by atoms with Crippen LogP contribution in [0.2, 0.25) is 0 Å². The van der Waals surface area contributed by atoms with Crippen LogP contribution in [0.4, 0.5) is 0 Å². The normalized spacial score (nSPS) is 11.9. The molecular weight excluding hydrogens is 212 g/mol. The average Bonchev–Trinajstić information content (AvgIpc) is 2.35. The standard InChI is InChI=1S/C14H18N2O/c1-10(2)11(3)9-16-14(17)13-6-4-5-12(7-13)8-15/h4-7,10-11H,9H2,1-3H3,(H,16,17). The number of nitrogens with one attached hydrogen (secondary N) is 1. The topological polar surface area (TPSA) is 52.9 Å². The predicted octanol–water partition coefficient (Wildman–Crippen LogP) is 2.58. The second kappa shape index (κ2) is 6.05. The van der Waals surface area contributed by atoms with E-state index in [1.807, 2.05) is 6.07 Å². The highest BCUT2D eigenvalue weighted by Crippen LogP contribution is 2.09. The molecule has 1 amide bonds. The maximum atomic E-state index is 11.8. The average molecular weight is 230 g/mol. The van der Waals surface area contributed by atoms with Crippen LogP contribution in [-0.4, -0.2) is 12.5 Å². The summed E-state index contributed by atoms with van der Waals surface area (Å²) in [6.07, 6.45) is 0. The molecule has 1 rings (SSSR count). The van der Waals surface area contributed by atoms with E-state index in [9.17, 15) is 4.79 Å². The van der Waals surface area contributed by atoms with Crippen molar-refractivity contribution in [3.05, 3.63) is 35.4 Å². The van der Waals surface area contributed by atoms with Crippen LogP contribution in [0, 0.1) is 23.2 Å². The van der Waals surface area contributed by atoms with E-state index in [-0.39, 0.29) is 5.91 Å². The molecule has 0 saturated heterocycles. The summed E-state index contributed by atoms with van der Waals surface area (Å²) in [6.45, 7) is 7.03. The van der Waals surface area contributed by atoms with Crippen LogP contribution in [0.3, 0.4) is 0 Å². The molecule has 3 nitrogen and oxygen atoms in total. The molecule has 0 saturated carbocycles. The summed E-state index contributed by atoms with van der Waals surface area (Å²) < 4.78 is 0. The SMILES string of the molecule is CC(C)C(C)CNC(=O)c1cccc(C#N)c1. The Morgan fingerprint density at radius 1 is 1.41 bits per heavy atom. The Hall–Kier alpha value is -1.82. The molecule has 0 aromatic heterocycles. The first kappa shape index (κ1) is 13.2. The van der Waals surface area contributed by atoms with Crippen molar-refractivity contribution in [1.29, 1.82) is 5.26 Å². The molecule has 0 aliphatic rings. The van der Waals surface area contributed by atoms with E-state index >= 15 is 0 Å². The number of rotatable bonds is 4. The summed E-state index contributed by atoms with van der Waals surface area (Å²) in [5.74, 6) is 0.869. The third-order valence-electron chi connectivity index (χ3n) is 2.98.